The molecule has 0 spiro atoms. The summed E-state index contributed by atoms with van der Waals surface area (Å²) in [5.41, 5.74) is 2.35. The molecule has 1 heterocycles. The highest BCUT2D eigenvalue weighted by Gasteiger charge is 2.25. The van der Waals surface area contributed by atoms with Crippen LogP contribution in [-0.2, 0) is 6.54 Å². The van der Waals surface area contributed by atoms with Gasteiger partial charge in [-0.1, -0.05) is 0 Å². The largest absolute Gasteiger partial charge is 0.385 e. The Balaban J connectivity index is 1.98. The van der Waals surface area contributed by atoms with Crippen molar-refractivity contribution in [1.29, 1.82) is 0 Å². The van der Waals surface area contributed by atoms with Crippen LogP contribution < -0.4 is 5.32 Å². The zero-order valence-corrected chi connectivity index (χ0v) is 11.8. The van der Waals surface area contributed by atoms with Crippen molar-refractivity contribution in [2.75, 3.05) is 18.4 Å². The highest BCUT2D eigenvalue weighted by molar-refractivity contribution is 5.42. The maximum absolute atomic E-state index is 4.49. The molecule has 1 aliphatic carbocycles. The van der Waals surface area contributed by atoms with E-state index in [1.165, 1.54) is 30.8 Å². The molecule has 1 N–H and O–H groups in total. The topological polar surface area (TPSA) is 28.2 Å². The first-order valence-electron chi connectivity index (χ1n) is 7.12. The van der Waals surface area contributed by atoms with Gasteiger partial charge in [0.25, 0.3) is 0 Å². The standard InChI is InChI=1S/C15H25N3/c1-4-16-14-7-8-17-15(9-14)11-18(12(2)3)10-13-5-6-13/h7-9,12-13H,4-6,10-11H2,1-3H3,(H,16,17). The van der Waals surface area contributed by atoms with Crippen molar-refractivity contribution in [3.8, 4) is 0 Å². The van der Waals surface area contributed by atoms with Crippen molar-refractivity contribution >= 4 is 5.69 Å². The molecule has 0 bridgehead atoms. The van der Waals surface area contributed by atoms with Crippen molar-refractivity contribution in [3.05, 3.63) is 24.0 Å². The third-order valence-corrected chi connectivity index (χ3v) is 3.48. The Morgan fingerprint density at radius 3 is 2.83 bits per heavy atom. The van der Waals surface area contributed by atoms with Gasteiger partial charge < -0.3 is 5.32 Å². The predicted octanol–water partition coefficient (Wildman–Crippen LogP) is 3.13. The van der Waals surface area contributed by atoms with Gasteiger partial charge in [0.2, 0.25) is 0 Å². The van der Waals surface area contributed by atoms with Crippen LogP contribution in [0.2, 0.25) is 0 Å². The molecule has 1 aliphatic rings. The smallest absolute Gasteiger partial charge is 0.0564 e. The van der Waals surface area contributed by atoms with Crippen LogP contribution in [0.25, 0.3) is 0 Å². The van der Waals surface area contributed by atoms with Gasteiger partial charge in [-0.25, -0.2) is 0 Å². The fourth-order valence-corrected chi connectivity index (χ4v) is 2.18. The number of pyridine rings is 1. The Bertz CT molecular complexity index is 372. The molecule has 100 valence electrons. The third-order valence-electron chi connectivity index (χ3n) is 3.48. The molecule has 0 amide bonds. The Labute approximate surface area is 111 Å². The van der Waals surface area contributed by atoms with E-state index in [9.17, 15) is 0 Å². The molecule has 0 aliphatic heterocycles. The van der Waals surface area contributed by atoms with Gasteiger partial charge in [-0.15, -0.1) is 0 Å². The maximum atomic E-state index is 4.49. The third kappa shape index (κ3) is 3.98. The molecule has 0 atom stereocenters. The minimum absolute atomic E-state index is 0.593. The lowest BCUT2D eigenvalue weighted by atomic mass is 10.2. The molecule has 1 saturated carbocycles. The lowest BCUT2D eigenvalue weighted by Crippen LogP contribution is -2.32. The predicted molar refractivity (Wildman–Crippen MR) is 76.7 cm³/mol. The van der Waals surface area contributed by atoms with Crippen LogP contribution in [0.3, 0.4) is 0 Å². The molecular weight excluding hydrogens is 222 g/mol. The first-order chi connectivity index (χ1) is 8.69. The molecule has 3 nitrogen and oxygen atoms in total. The number of anilines is 1. The van der Waals surface area contributed by atoms with E-state index in [0.29, 0.717) is 6.04 Å². The summed E-state index contributed by atoms with van der Waals surface area (Å²) in [5, 5.41) is 3.34. The van der Waals surface area contributed by atoms with E-state index in [-0.39, 0.29) is 0 Å². The van der Waals surface area contributed by atoms with E-state index >= 15 is 0 Å². The van der Waals surface area contributed by atoms with E-state index in [2.05, 4.69) is 42.0 Å². The highest BCUT2D eigenvalue weighted by atomic mass is 15.2. The number of nitrogens with one attached hydrogen (secondary N) is 1. The molecule has 1 aromatic rings. The Morgan fingerprint density at radius 2 is 2.22 bits per heavy atom. The van der Waals surface area contributed by atoms with E-state index in [1.807, 2.05) is 12.3 Å². The van der Waals surface area contributed by atoms with Gasteiger partial charge in [0, 0.05) is 37.6 Å². The van der Waals surface area contributed by atoms with Crippen LogP contribution in [0.5, 0.6) is 0 Å². The minimum atomic E-state index is 0.593. The molecule has 0 saturated heterocycles. The summed E-state index contributed by atoms with van der Waals surface area (Å²) in [6.45, 7) is 9.82. The fraction of sp³-hybridized carbons (Fsp3) is 0.667. The van der Waals surface area contributed by atoms with Gasteiger partial charge in [-0.2, -0.15) is 0 Å². The second-order valence-electron chi connectivity index (χ2n) is 5.53. The van der Waals surface area contributed by atoms with Crippen LogP contribution in [0.1, 0.15) is 39.3 Å². The summed E-state index contributed by atoms with van der Waals surface area (Å²) in [6, 6.07) is 4.80. The molecule has 2 rings (SSSR count). The molecular formula is C15H25N3. The van der Waals surface area contributed by atoms with Crippen molar-refractivity contribution in [2.45, 2.75) is 46.2 Å². The average molecular weight is 247 g/mol. The second kappa shape index (κ2) is 6.19. The number of hydrogen-bond donors (Lipinski definition) is 1. The van der Waals surface area contributed by atoms with Gasteiger partial charge in [0.1, 0.15) is 0 Å². The Hall–Kier alpha value is -1.09. The summed E-state index contributed by atoms with van der Waals surface area (Å²) in [5.74, 6) is 0.935. The van der Waals surface area contributed by atoms with Crippen LogP contribution in [0.15, 0.2) is 18.3 Å². The van der Waals surface area contributed by atoms with Crippen molar-refractivity contribution < 1.29 is 0 Å². The molecule has 18 heavy (non-hydrogen) atoms. The molecule has 1 aromatic heterocycles. The molecule has 3 heteroatoms. The Kier molecular flexibility index (Phi) is 4.59. The van der Waals surface area contributed by atoms with E-state index < -0.39 is 0 Å². The first kappa shape index (κ1) is 13.3. The normalized spacial score (nSPS) is 15.4. The first-order valence-corrected chi connectivity index (χ1v) is 7.12. The minimum Gasteiger partial charge on any atom is -0.385 e. The summed E-state index contributed by atoms with van der Waals surface area (Å²) >= 11 is 0. The van der Waals surface area contributed by atoms with Crippen molar-refractivity contribution in [2.24, 2.45) is 5.92 Å². The Morgan fingerprint density at radius 1 is 1.44 bits per heavy atom. The van der Waals surface area contributed by atoms with Gasteiger partial charge >= 0.3 is 0 Å². The average Bonchev–Trinajstić information content (AvgIpc) is 3.13. The summed E-state index contributed by atoms with van der Waals surface area (Å²) in [7, 11) is 0. The SMILES string of the molecule is CCNc1ccnc(CN(CC2CC2)C(C)C)c1. The van der Waals surface area contributed by atoms with Crippen molar-refractivity contribution in [1.82, 2.24) is 9.88 Å². The fourth-order valence-electron chi connectivity index (χ4n) is 2.18. The van der Waals surface area contributed by atoms with Crippen LogP contribution in [-0.4, -0.2) is 29.0 Å². The molecule has 1 fully saturated rings. The van der Waals surface area contributed by atoms with Gasteiger partial charge in [-0.3, -0.25) is 9.88 Å². The summed E-state index contributed by atoms with van der Waals surface area (Å²) in [4.78, 5) is 7.03. The monoisotopic (exact) mass is 247 g/mol. The van der Waals surface area contributed by atoms with Gasteiger partial charge in [0.05, 0.1) is 5.69 Å². The lowest BCUT2D eigenvalue weighted by Gasteiger charge is -2.26. The molecule has 0 radical (unpaired) electrons. The van der Waals surface area contributed by atoms with Crippen molar-refractivity contribution in [3.63, 3.8) is 0 Å². The summed E-state index contributed by atoms with van der Waals surface area (Å²) < 4.78 is 0. The number of aromatic nitrogens is 1. The van der Waals surface area contributed by atoms with Gasteiger partial charge in [-0.05, 0) is 51.7 Å². The van der Waals surface area contributed by atoms with Crippen LogP contribution in [0.4, 0.5) is 5.69 Å². The van der Waals surface area contributed by atoms with E-state index in [1.54, 1.807) is 0 Å². The van der Waals surface area contributed by atoms with Crippen LogP contribution in [0, 0.1) is 5.92 Å². The summed E-state index contributed by atoms with van der Waals surface area (Å²) in [6.07, 6.45) is 4.73. The lowest BCUT2D eigenvalue weighted by molar-refractivity contribution is 0.201. The molecule has 0 aromatic carbocycles. The number of hydrogen-bond acceptors (Lipinski definition) is 3. The number of rotatable bonds is 7. The van der Waals surface area contributed by atoms with Crippen LogP contribution >= 0.6 is 0 Å². The molecule has 0 unspecified atom stereocenters. The van der Waals surface area contributed by atoms with Gasteiger partial charge in [0.15, 0.2) is 0 Å². The zero-order valence-electron chi connectivity index (χ0n) is 11.8. The maximum Gasteiger partial charge on any atom is 0.0564 e. The quantitative estimate of drug-likeness (QED) is 0.802. The van der Waals surface area contributed by atoms with E-state index in [0.717, 1.165) is 19.0 Å². The zero-order chi connectivity index (χ0) is 13.0. The number of nitrogens with zero attached hydrogens (tertiary/aromatic N) is 2. The van der Waals surface area contributed by atoms with E-state index in [4.69, 9.17) is 0 Å². The second-order valence-corrected chi connectivity index (χ2v) is 5.53. The highest BCUT2D eigenvalue weighted by Crippen LogP contribution is 2.30.